The third-order valence-corrected chi connectivity index (χ3v) is 7.45. The van der Waals surface area contributed by atoms with Crippen molar-refractivity contribution in [3.63, 3.8) is 0 Å². The molecule has 0 aliphatic heterocycles. The summed E-state index contributed by atoms with van der Waals surface area (Å²) >= 11 is 5.90. The van der Waals surface area contributed by atoms with E-state index in [-0.39, 0.29) is 16.5 Å². The van der Waals surface area contributed by atoms with Gasteiger partial charge in [0, 0.05) is 32.0 Å². The first-order chi connectivity index (χ1) is 16.3. The largest absolute Gasteiger partial charge is 0.384 e. The second-order valence-corrected chi connectivity index (χ2v) is 9.96. The molecule has 0 atom stereocenters. The Bertz CT molecular complexity index is 1440. The Kier molecular flexibility index (Phi) is 7.32. The summed E-state index contributed by atoms with van der Waals surface area (Å²) in [6.07, 6.45) is 1.86. The number of pyridine rings is 1. The molecule has 4 rings (SSSR count). The maximum atomic E-state index is 13.2. The molecule has 2 aromatic carbocycles. The number of fused-ring (bicyclic) bond motifs is 3. The number of unbranched alkanes of at least 4 members (excludes halogenated alkanes) is 1. The van der Waals surface area contributed by atoms with Crippen molar-refractivity contribution in [2.24, 2.45) is 0 Å². The van der Waals surface area contributed by atoms with Crippen LogP contribution in [0.15, 0.2) is 47.4 Å². The molecule has 0 radical (unpaired) electrons. The highest BCUT2D eigenvalue weighted by molar-refractivity contribution is 7.89. The molecule has 0 spiro atoms. The minimum atomic E-state index is -3.84. The fourth-order valence-electron chi connectivity index (χ4n) is 3.90. The first-order valence-electron chi connectivity index (χ1n) is 10.8. The van der Waals surface area contributed by atoms with Crippen molar-refractivity contribution < 1.29 is 17.5 Å². The molecule has 0 saturated carbocycles. The monoisotopic (exact) mass is 505 g/mol. The number of aryl methyl sites for hydroxylation is 1. The van der Waals surface area contributed by atoms with Gasteiger partial charge in [0.1, 0.15) is 22.1 Å². The number of nitrogen functional groups attached to an aromatic ring is 1. The van der Waals surface area contributed by atoms with Gasteiger partial charge in [0.15, 0.2) is 5.82 Å². The number of halogens is 2. The first-order valence-corrected chi connectivity index (χ1v) is 12.6. The summed E-state index contributed by atoms with van der Waals surface area (Å²) in [7, 11) is -2.20. The molecule has 11 heteroatoms. The number of nitrogens with one attached hydrogen (secondary N) is 1. The van der Waals surface area contributed by atoms with E-state index in [4.69, 9.17) is 27.1 Å². The van der Waals surface area contributed by atoms with Gasteiger partial charge in [-0.05, 0) is 37.1 Å². The zero-order valence-corrected chi connectivity index (χ0v) is 20.2. The van der Waals surface area contributed by atoms with Crippen molar-refractivity contribution in [2.75, 3.05) is 26.0 Å². The van der Waals surface area contributed by atoms with Crippen molar-refractivity contribution >= 4 is 49.4 Å². The van der Waals surface area contributed by atoms with E-state index in [9.17, 15) is 12.8 Å². The molecule has 2 aromatic heterocycles. The van der Waals surface area contributed by atoms with Crippen LogP contribution in [0.3, 0.4) is 0 Å². The number of aromatic nitrogens is 3. The zero-order chi connectivity index (χ0) is 24.3. The number of rotatable bonds is 10. The zero-order valence-electron chi connectivity index (χ0n) is 18.6. The number of nitrogens with two attached hydrogens (primary N) is 1. The van der Waals surface area contributed by atoms with Gasteiger partial charge in [-0.1, -0.05) is 29.8 Å². The van der Waals surface area contributed by atoms with Crippen LogP contribution in [0.1, 0.15) is 18.7 Å². The number of methoxy groups -OCH3 is 1. The van der Waals surface area contributed by atoms with Gasteiger partial charge in [-0.3, -0.25) is 0 Å². The van der Waals surface area contributed by atoms with E-state index >= 15 is 0 Å². The summed E-state index contributed by atoms with van der Waals surface area (Å²) in [5.41, 5.74) is 8.55. The standard InChI is InChI=1S/C23H25ClFN5O3S/c1-33-13-10-20-29-21-22(16-6-2-3-7-18(16)28-23(21)26)30(20)12-5-4-11-27-34(31,32)19-9-8-15(25)14-17(19)24/h2-3,6-9,14,27H,4-5,10-13H2,1H3,(H2,26,28). The van der Waals surface area contributed by atoms with Crippen molar-refractivity contribution in [3.8, 4) is 0 Å². The average molecular weight is 506 g/mol. The van der Waals surface area contributed by atoms with Crippen LogP contribution in [0.5, 0.6) is 0 Å². The van der Waals surface area contributed by atoms with Crippen molar-refractivity contribution in [2.45, 2.75) is 30.7 Å². The highest BCUT2D eigenvalue weighted by Gasteiger charge is 2.19. The maximum absolute atomic E-state index is 13.2. The lowest BCUT2D eigenvalue weighted by molar-refractivity contribution is 0.199. The Morgan fingerprint density at radius 1 is 1.18 bits per heavy atom. The van der Waals surface area contributed by atoms with E-state index in [0.717, 1.165) is 40.4 Å². The number of para-hydroxylation sites is 1. The number of benzene rings is 2. The topological polar surface area (TPSA) is 112 Å². The molecule has 3 N–H and O–H groups in total. The molecule has 4 aromatic rings. The summed E-state index contributed by atoms with van der Waals surface area (Å²) < 4.78 is 48.2. The van der Waals surface area contributed by atoms with E-state index in [1.54, 1.807) is 7.11 Å². The SMILES string of the molecule is COCCc1nc2c(N)nc3ccccc3c2n1CCCCNS(=O)(=O)c1ccc(F)cc1Cl. The number of nitrogens with zero attached hydrogens (tertiary/aromatic N) is 3. The molecule has 0 amide bonds. The van der Waals surface area contributed by atoms with Crippen LogP contribution in [-0.4, -0.2) is 43.2 Å². The van der Waals surface area contributed by atoms with Gasteiger partial charge in [-0.15, -0.1) is 0 Å². The Labute approximate surface area is 201 Å². The van der Waals surface area contributed by atoms with Crippen LogP contribution in [0.2, 0.25) is 5.02 Å². The Morgan fingerprint density at radius 2 is 1.97 bits per heavy atom. The van der Waals surface area contributed by atoms with Crippen LogP contribution < -0.4 is 10.5 Å². The second kappa shape index (κ2) is 10.2. The molecule has 0 fully saturated rings. The molecule has 0 bridgehead atoms. The fourth-order valence-corrected chi connectivity index (χ4v) is 5.51. The van der Waals surface area contributed by atoms with E-state index in [2.05, 4.69) is 14.3 Å². The highest BCUT2D eigenvalue weighted by Crippen LogP contribution is 2.29. The highest BCUT2D eigenvalue weighted by atomic mass is 35.5. The predicted molar refractivity (Wildman–Crippen MR) is 131 cm³/mol. The van der Waals surface area contributed by atoms with Gasteiger partial charge in [-0.25, -0.2) is 27.5 Å². The quantitative estimate of drug-likeness (QED) is 0.316. The average Bonchev–Trinajstić information content (AvgIpc) is 3.16. The number of sulfonamides is 1. The molecule has 34 heavy (non-hydrogen) atoms. The molecule has 8 nitrogen and oxygen atoms in total. The number of hydrogen-bond donors (Lipinski definition) is 2. The van der Waals surface area contributed by atoms with Gasteiger partial charge in [-0.2, -0.15) is 0 Å². The van der Waals surface area contributed by atoms with Crippen molar-refractivity contribution in [1.82, 2.24) is 19.3 Å². The van der Waals surface area contributed by atoms with Gasteiger partial charge < -0.3 is 15.0 Å². The minimum absolute atomic E-state index is 0.146. The Balaban J connectivity index is 1.51. The smallest absolute Gasteiger partial charge is 0.242 e. The van der Waals surface area contributed by atoms with Crippen LogP contribution in [0.25, 0.3) is 21.9 Å². The van der Waals surface area contributed by atoms with Gasteiger partial charge in [0.05, 0.1) is 22.7 Å². The molecule has 0 aliphatic carbocycles. The van der Waals surface area contributed by atoms with Crippen LogP contribution in [0, 0.1) is 5.82 Å². The van der Waals surface area contributed by atoms with Crippen LogP contribution in [0.4, 0.5) is 10.2 Å². The third-order valence-electron chi connectivity index (χ3n) is 5.50. The Hall–Kier alpha value is -2.79. The molecular formula is C23H25ClFN5O3S. The van der Waals surface area contributed by atoms with Crippen LogP contribution >= 0.6 is 11.6 Å². The van der Waals surface area contributed by atoms with E-state index < -0.39 is 15.8 Å². The molecule has 0 aliphatic rings. The van der Waals surface area contributed by atoms with Gasteiger partial charge >= 0.3 is 0 Å². The normalized spacial score (nSPS) is 12.1. The molecule has 2 heterocycles. The second-order valence-electron chi connectivity index (χ2n) is 7.81. The molecule has 0 unspecified atom stereocenters. The summed E-state index contributed by atoms with van der Waals surface area (Å²) in [4.78, 5) is 9.06. The number of anilines is 1. The van der Waals surface area contributed by atoms with Crippen molar-refractivity contribution in [1.29, 1.82) is 0 Å². The summed E-state index contributed by atoms with van der Waals surface area (Å²) in [5.74, 6) is 0.611. The lowest BCUT2D eigenvalue weighted by Crippen LogP contribution is -2.25. The predicted octanol–water partition coefficient (Wildman–Crippen LogP) is 3.91. The molecule has 180 valence electrons. The molecule has 0 saturated heterocycles. The summed E-state index contributed by atoms with van der Waals surface area (Å²) in [6, 6.07) is 11.0. The minimum Gasteiger partial charge on any atom is -0.384 e. The lowest BCUT2D eigenvalue weighted by Gasteiger charge is -2.12. The van der Waals surface area contributed by atoms with E-state index in [1.807, 2.05) is 24.3 Å². The van der Waals surface area contributed by atoms with Crippen LogP contribution in [-0.2, 0) is 27.7 Å². The lowest BCUT2D eigenvalue weighted by atomic mass is 10.2. The number of imidazole rings is 1. The van der Waals surface area contributed by atoms with E-state index in [1.165, 1.54) is 0 Å². The van der Waals surface area contributed by atoms with Crippen molar-refractivity contribution in [3.05, 3.63) is 59.1 Å². The maximum Gasteiger partial charge on any atom is 0.242 e. The summed E-state index contributed by atoms with van der Waals surface area (Å²) in [6.45, 7) is 1.33. The van der Waals surface area contributed by atoms with Gasteiger partial charge in [0.25, 0.3) is 0 Å². The van der Waals surface area contributed by atoms with E-state index in [0.29, 0.717) is 43.7 Å². The first kappa shape index (κ1) is 24.3. The fraction of sp³-hybridized carbons (Fsp3) is 0.304. The molecular weight excluding hydrogens is 481 g/mol. The Morgan fingerprint density at radius 3 is 2.74 bits per heavy atom. The number of ether oxygens (including phenoxy) is 1. The summed E-state index contributed by atoms with van der Waals surface area (Å²) in [5, 5.41) is 0.799. The number of hydrogen-bond acceptors (Lipinski definition) is 6. The van der Waals surface area contributed by atoms with Gasteiger partial charge in [0.2, 0.25) is 10.0 Å². The third kappa shape index (κ3) is 5.00.